The van der Waals surface area contributed by atoms with Gasteiger partial charge >= 0.3 is 5.97 Å². The molecule has 0 unspecified atom stereocenters. The van der Waals surface area contributed by atoms with E-state index in [0.29, 0.717) is 18.7 Å². The first-order chi connectivity index (χ1) is 6.43. The summed E-state index contributed by atoms with van der Waals surface area (Å²) >= 11 is 0. The zero-order valence-electron chi connectivity index (χ0n) is 9.02. The van der Waals surface area contributed by atoms with Crippen molar-refractivity contribution in [1.82, 2.24) is 5.32 Å². The molecule has 0 fully saturated rings. The van der Waals surface area contributed by atoms with Crippen LogP contribution in [-0.4, -0.2) is 24.7 Å². The minimum Gasteiger partial charge on any atom is -0.463 e. The second-order valence-corrected chi connectivity index (χ2v) is 3.45. The van der Waals surface area contributed by atoms with Gasteiger partial charge in [-0.05, 0) is 20.8 Å². The fourth-order valence-corrected chi connectivity index (χ4v) is 0.684. The molecule has 0 heterocycles. The Morgan fingerprint density at radius 2 is 2.21 bits per heavy atom. The van der Waals surface area contributed by atoms with Crippen LogP contribution in [0, 0.1) is 12.3 Å². The van der Waals surface area contributed by atoms with Gasteiger partial charge in [0.25, 0.3) is 0 Å². The van der Waals surface area contributed by atoms with Crippen molar-refractivity contribution >= 4 is 5.97 Å². The summed E-state index contributed by atoms with van der Waals surface area (Å²) in [5, 5.41) is 3.01. The number of rotatable bonds is 5. The SMILES string of the molecule is C#CC(C)(C)NCC(=C)C(=O)OCC. The quantitative estimate of drug-likeness (QED) is 0.405. The van der Waals surface area contributed by atoms with E-state index in [1.807, 2.05) is 13.8 Å². The van der Waals surface area contributed by atoms with Crippen molar-refractivity contribution in [3.63, 3.8) is 0 Å². The maximum Gasteiger partial charge on any atom is 0.334 e. The van der Waals surface area contributed by atoms with Gasteiger partial charge in [0.15, 0.2) is 0 Å². The molecular weight excluding hydrogens is 178 g/mol. The Bertz CT molecular complexity index is 261. The van der Waals surface area contributed by atoms with Crippen LogP contribution in [0.1, 0.15) is 20.8 Å². The number of hydrogen-bond donors (Lipinski definition) is 1. The number of carbonyl (C=O) groups excluding carboxylic acids is 1. The molecule has 1 N–H and O–H groups in total. The van der Waals surface area contributed by atoms with E-state index in [0.717, 1.165) is 0 Å². The van der Waals surface area contributed by atoms with Crippen molar-refractivity contribution in [3.05, 3.63) is 12.2 Å². The highest BCUT2D eigenvalue weighted by atomic mass is 16.5. The molecule has 0 aromatic rings. The van der Waals surface area contributed by atoms with Gasteiger partial charge in [0.2, 0.25) is 0 Å². The van der Waals surface area contributed by atoms with E-state index in [1.54, 1.807) is 6.92 Å². The first-order valence-electron chi connectivity index (χ1n) is 4.50. The lowest BCUT2D eigenvalue weighted by molar-refractivity contribution is -0.138. The summed E-state index contributed by atoms with van der Waals surface area (Å²) in [4.78, 5) is 11.1. The highest BCUT2D eigenvalue weighted by molar-refractivity contribution is 5.88. The van der Waals surface area contributed by atoms with Gasteiger partial charge in [-0.2, -0.15) is 0 Å². The predicted octanol–water partition coefficient (Wildman–Crippen LogP) is 1.11. The molecule has 0 aliphatic heterocycles. The van der Waals surface area contributed by atoms with E-state index in [9.17, 15) is 4.79 Å². The number of hydrogen-bond acceptors (Lipinski definition) is 3. The largest absolute Gasteiger partial charge is 0.463 e. The molecule has 0 aliphatic rings. The molecule has 0 radical (unpaired) electrons. The topological polar surface area (TPSA) is 38.3 Å². The van der Waals surface area contributed by atoms with Crippen LogP contribution in [0.25, 0.3) is 0 Å². The van der Waals surface area contributed by atoms with Crippen LogP contribution in [0.4, 0.5) is 0 Å². The average molecular weight is 195 g/mol. The molecule has 3 nitrogen and oxygen atoms in total. The minimum absolute atomic E-state index is 0.343. The molecule has 0 saturated carbocycles. The predicted molar refractivity (Wildman–Crippen MR) is 56.7 cm³/mol. The molecular formula is C11H17NO2. The number of ether oxygens (including phenoxy) is 1. The summed E-state index contributed by atoms with van der Waals surface area (Å²) in [6.45, 7) is 9.76. The number of esters is 1. The second kappa shape index (κ2) is 5.46. The first-order valence-corrected chi connectivity index (χ1v) is 4.50. The van der Waals surface area contributed by atoms with Crippen LogP contribution >= 0.6 is 0 Å². The zero-order chi connectivity index (χ0) is 11.2. The summed E-state index contributed by atoms with van der Waals surface area (Å²) in [6, 6.07) is 0. The lowest BCUT2D eigenvalue weighted by atomic mass is 10.1. The van der Waals surface area contributed by atoms with Gasteiger partial charge in [0.1, 0.15) is 0 Å². The Morgan fingerprint density at radius 3 is 2.64 bits per heavy atom. The molecule has 0 atom stereocenters. The van der Waals surface area contributed by atoms with Crippen LogP contribution in [0.5, 0.6) is 0 Å². The van der Waals surface area contributed by atoms with E-state index in [1.165, 1.54) is 0 Å². The standard InChI is InChI=1S/C11H17NO2/c1-6-11(4,5)12-8-9(3)10(13)14-7-2/h1,12H,3,7-8H2,2,4-5H3. The average Bonchev–Trinajstić information content (AvgIpc) is 2.15. The highest BCUT2D eigenvalue weighted by Crippen LogP contribution is 2.01. The van der Waals surface area contributed by atoms with E-state index in [2.05, 4.69) is 17.8 Å². The molecule has 0 amide bonds. The monoisotopic (exact) mass is 195 g/mol. The van der Waals surface area contributed by atoms with Crippen LogP contribution in [0.15, 0.2) is 12.2 Å². The van der Waals surface area contributed by atoms with Crippen LogP contribution in [0.3, 0.4) is 0 Å². The Labute approximate surface area is 85.5 Å². The maximum atomic E-state index is 11.1. The molecule has 3 heteroatoms. The van der Waals surface area contributed by atoms with E-state index in [4.69, 9.17) is 11.2 Å². The van der Waals surface area contributed by atoms with Crippen LogP contribution in [-0.2, 0) is 9.53 Å². The molecule has 78 valence electrons. The lowest BCUT2D eigenvalue weighted by Crippen LogP contribution is -2.39. The fraction of sp³-hybridized carbons (Fsp3) is 0.545. The van der Waals surface area contributed by atoms with Crippen molar-refractivity contribution in [2.24, 2.45) is 0 Å². The summed E-state index contributed by atoms with van der Waals surface area (Å²) in [7, 11) is 0. The molecule has 0 spiro atoms. The molecule has 0 saturated heterocycles. The van der Waals surface area contributed by atoms with Gasteiger partial charge in [-0.25, -0.2) is 4.79 Å². The molecule has 0 aliphatic carbocycles. The molecule has 14 heavy (non-hydrogen) atoms. The van der Waals surface area contributed by atoms with Gasteiger partial charge in [-0.15, -0.1) is 6.42 Å². The molecule has 0 bridgehead atoms. The normalized spacial score (nSPS) is 10.4. The number of nitrogens with one attached hydrogen (secondary N) is 1. The van der Waals surface area contributed by atoms with Gasteiger partial charge in [-0.3, -0.25) is 5.32 Å². The Morgan fingerprint density at radius 1 is 1.64 bits per heavy atom. The van der Waals surface area contributed by atoms with Crippen molar-refractivity contribution < 1.29 is 9.53 Å². The van der Waals surface area contributed by atoms with Crippen molar-refractivity contribution in [2.75, 3.05) is 13.2 Å². The molecule has 0 aromatic heterocycles. The van der Waals surface area contributed by atoms with Crippen molar-refractivity contribution in [2.45, 2.75) is 26.3 Å². The van der Waals surface area contributed by atoms with Gasteiger partial charge in [0, 0.05) is 12.1 Å². The minimum atomic E-state index is -0.435. The third-order valence-corrected chi connectivity index (χ3v) is 1.67. The lowest BCUT2D eigenvalue weighted by Gasteiger charge is -2.19. The smallest absolute Gasteiger partial charge is 0.334 e. The van der Waals surface area contributed by atoms with Gasteiger partial charge in [-0.1, -0.05) is 12.5 Å². The van der Waals surface area contributed by atoms with E-state index in [-0.39, 0.29) is 5.97 Å². The summed E-state index contributed by atoms with van der Waals surface area (Å²) in [5.74, 6) is 2.18. The van der Waals surface area contributed by atoms with Gasteiger partial charge in [0.05, 0.1) is 12.1 Å². The number of carbonyl (C=O) groups is 1. The maximum absolute atomic E-state index is 11.1. The summed E-state index contributed by atoms with van der Waals surface area (Å²) in [6.07, 6.45) is 5.27. The molecule has 0 rings (SSSR count). The molecule has 0 aromatic carbocycles. The number of terminal acetylenes is 1. The third-order valence-electron chi connectivity index (χ3n) is 1.67. The van der Waals surface area contributed by atoms with Gasteiger partial charge < -0.3 is 4.74 Å². The van der Waals surface area contributed by atoms with Crippen LogP contribution < -0.4 is 5.32 Å². The van der Waals surface area contributed by atoms with Crippen molar-refractivity contribution in [1.29, 1.82) is 0 Å². The second-order valence-electron chi connectivity index (χ2n) is 3.45. The summed E-state index contributed by atoms with van der Waals surface area (Å²) in [5.41, 5.74) is -0.0507. The highest BCUT2D eigenvalue weighted by Gasteiger charge is 2.15. The Balaban J connectivity index is 3.98. The fourth-order valence-electron chi connectivity index (χ4n) is 0.684. The summed E-state index contributed by atoms with van der Waals surface area (Å²) < 4.78 is 4.77. The Kier molecular flexibility index (Phi) is 4.96. The first kappa shape index (κ1) is 12.7. The third kappa shape index (κ3) is 4.68. The van der Waals surface area contributed by atoms with E-state index >= 15 is 0 Å². The zero-order valence-corrected chi connectivity index (χ0v) is 9.02. The van der Waals surface area contributed by atoms with Crippen molar-refractivity contribution in [3.8, 4) is 12.3 Å². The van der Waals surface area contributed by atoms with Crippen LogP contribution in [0.2, 0.25) is 0 Å². The van der Waals surface area contributed by atoms with E-state index < -0.39 is 5.54 Å². The Hall–Kier alpha value is -1.27.